The van der Waals surface area contributed by atoms with Crippen LogP contribution in [-0.4, -0.2) is 83.1 Å². The monoisotopic (exact) mass is 591 g/mol. The van der Waals surface area contributed by atoms with E-state index in [0.29, 0.717) is 32.2 Å². The van der Waals surface area contributed by atoms with Crippen molar-refractivity contribution >= 4 is 28.2 Å². The highest BCUT2D eigenvalue weighted by atomic mass is 16.5. The first-order valence-corrected chi connectivity index (χ1v) is 16.1. The van der Waals surface area contributed by atoms with Gasteiger partial charge in [0.1, 0.15) is 11.4 Å². The fourth-order valence-electron chi connectivity index (χ4n) is 7.38. The molecule has 0 radical (unpaired) electrons. The first-order chi connectivity index (χ1) is 21.5. The van der Waals surface area contributed by atoms with Crippen molar-refractivity contribution in [1.82, 2.24) is 19.8 Å². The minimum atomic E-state index is -0.224. The van der Waals surface area contributed by atoms with Crippen LogP contribution in [0.4, 0.5) is 11.5 Å². The first kappa shape index (κ1) is 28.6. The van der Waals surface area contributed by atoms with Crippen LogP contribution in [0.5, 0.6) is 6.01 Å². The summed E-state index contributed by atoms with van der Waals surface area (Å²) in [6.45, 7) is 12.3. The molecule has 44 heavy (non-hydrogen) atoms. The van der Waals surface area contributed by atoms with Crippen LogP contribution in [0.25, 0.3) is 10.8 Å². The fourth-order valence-corrected chi connectivity index (χ4v) is 7.38. The number of carbonyl (C=O) groups is 1. The second-order valence-corrected chi connectivity index (χ2v) is 12.8. The SMILES string of the molecule is C=CC(=O)N1CCN(c2nc(OC3(CN4CCCC4)CC3)nc3c2CCN(c2cccc4cccc(C)c24)C3)C[C@@H]1CC#N. The van der Waals surface area contributed by atoms with E-state index in [1.165, 1.54) is 40.9 Å². The predicted octanol–water partition coefficient (Wildman–Crippen LogP) is 4.63. The van der Waals surface area contributed by atoms with Crippen LogP contribution in [-0.2, 0) is 17.8 Å². The number of hydrogen-bond donors (Lipinski definition) is 0. The average molecular weight is 592 g/mol. The quantitative estimate of drug-likeness (QED) is 0.351. The number of anilines is 2. The zero-order chi connectivity index (χ0) is 30.3. The molecule has 3 aliphatic heterocycles. The van der Waals surface area contributed by atoms with Gasteiger partial charge in [0.05, 0.1) is 30.8 Å². The van der Waals surface area contributed by atoms with Gasteiger partial charge in [0.15, 0.2) is 0 Å². The number of aromatic nitrogens is 2. The molecule has 2 saturated heterocycles. The summed E-state index contributed by atoms with van der Waals surface area (Å²) in [6.07, 6.45) is 6.96. The van der Waals surface area contributed by atoms with E-state index in [4.69, 9.17) is 14.7 Å². The molecule has 7 rings (SSSR count). The molecule has 0 spiro atoms. The molecule has 1 atom stereocenters. The van der Waals surface area contributed by atoms with E-state index in [2.05, 4.69) is 70.7 Å². The Morgan fingerprint density at radius 2 is 1.89 bits per heavy atom. The molecule has 1 saturated carbocycles. The number of amides is 1. The number of piperazine rings is 1. The molecule has 1 aliphatic carbocycles. The van der Waals surface area contributed by atoms with Crippen LogP contribution in [0, 0.1) is 18.3 Å². The molecule has 2 aromatic carbocycles. The third kappa shape index (κ3) is 5.48. The summed E-state index contributed by atoms with van der Waals surface area (Å²) in [5.41, 5.74) is 4.43. The number of rotatable bonds is 8. The van der Waals surface area contributed by atoms with Gasteiger partial charge in [-0.05, 0) is 75.2 Å². The molecule has 1 amide bonds. The molecular formula is C35H41N7O2. The lowest BCUT2D eigenvalue weighted by Crippen LogP contribution is -2.55. The molecule has 0 N–H and O–H groups in total. The number of nitriles is 1. The number of aryl methyl sites for hydroxylation is 1. The van der Waals surface area contributed by atoms with Crippen molar-refractivity contribution in [2.45, 2.75) is 63.6 Å². The lowest BCUT2D eigenvalue weighted by atomic mass is 9.99. The lowest BCUT2D eigenvalue weighted by molar-refractivity contribution is -0.128. The maximum Gasteiger partial charge on any atom is 0.319 e. The number of benzene rings is 2. The molecule has 1 aromatic heterocycles. The topological polar surface area (TPSA) is 88.8 Å². The molecule has 3 aromatic rings. The molecule has 0 unspecified atom stereocenters. The molecule has 9 nitrogen and oxygen atoms in total. The second kappa shape index (κ2) is 11.7. The molecule has 3 fully saturated rings. The highest BCUT2D eigenvalue weighted by Crippen LogP contribution is 2.42. The van der Waals surface area contributed by atoms with Gasteiger partial charge in [-0.2, -0.15) is 15.2 Å². The van der Waals surface area contributed by atoms with E-state index in [9.17, 15) is 10.1 Å². The summed E-state index contributed by atoms with van der Waals surface area (Å²) in [5.74, 6) is 0.765. The number of hydrogen-bond acceptors (Lipinski definition) is 8. The first-order valence-electron chi connectivity index (χ1n) is 16.1. The van der Waals surface area contributed by atoms with Crippen molar-refractivity contribution in [3.63, 3.8) is 0 Å². The smallest absolute Gasteiger partial charge is 0.319 e. The second-order valence-electron chi connectivity index (χ2n) is 12.8. The maximum absolute atomic E-state index is 12.6. The van der Waals surface area contributed by atoms with Crippen molar-refractivity contribution in [2.75, 3.05) is 55.6 Å². The standard InChI is InChI=1S/C35H41N7O2/c1-3-31(43)42-21-20-41(22-27(42)12-16-36)33-28-13-19-40(30-11-7-10-26-9-6-8-25(2)32(26)30)23-29(28)37-34(38-33)44-35(14-15-35)24-39-17-4-5-18-39/h3,6-11,27H,1,4-5,12-15,17-24H2,2H3/t27-/m0/s1. The van der Waals surface area contributed by atoms with Gasteiger partial charge in [-0.15, -0.1) is 0 Å². The van der Waals surface area contributed by atoms with E-state index < -0.39 is 0 Å². The van der Waals surface area contributed by atoms with Crippen molar-refractivity contribution in [1.29, 1.82) is 5.26 Å². The minimum absolute atomic E-state index is 0.128. The highest BCUT2D eigenvalue weighted by Gasteiger charge is 2.48. The molecule has 4 heterocycles. The summed E-state index contributed by atoms with van der Waals surface area (Å²) < 4.78 is 6.71. The van der Waals surface area contributed by atoms with Gasteiger partial charge in [-0.25, -0.2) is 0 Å². The van der Waals surface area contributed by atoms with E-state index in [1.54, 1.807) is 4.90 Å². The Morgan fingerprint density at radius 3 is 2.64 bits per heavy atom. The summed E-state index contributed by atoms with van der Waals surface area (Å²) in [5, 5.41) is 12.1. The van der Waals surface area contributed by atoms with Gasteiger partial charge in [0.2, 0.25) is 5.91 Å². The lowest BCUT2D eigenvalue weighted by Gasteiger charge is -2.42. The Kier molecular flexibility index (Phi) is 7.63. The molecule has 228 valence electrons. The fraction of sp³-hybridized carbons (Fsp3) is 0.486. The number of ether oxygens (including phenoxy) is 1. The summed E-state index contributed by atoms with van der Waals surface area (Å²) in [6, 6.07) is 15.5. The van der Waals surface area contributed by atoms with Crippen LogP contribution in [0.1, 0.15) is 48.9 Å². The minimum Gasteiger partial charge on any atom is -0.455 e. The van der Waals surface area contributed by atoms with E-state index >= 15 is 0 Å². The molecular weight excluding hydrogens is 550 g/mol. The van der Waals surface area contributed by atoms with Crippen LogP contribution in [0.15, 0.2) is 49.1 Å². The number of carbonyl (C=O) groups excluding carboxylic acids is 1. The van der Waals surface area contributed by atoms with Crippen molar-refractivity contribution in [3.8, 4) is 12.1 Å². The van der Waals surface area contributed by atoms with E-state index in [-0.39, 0.29) is 24.0 Å². The third-order valence-electron chi connectivity index (χ3n) is 9.85. The molecule has 9 heteroatoms. The largest absolute Gasteiger partial charge is 0.455 e. The Labute approximate surface area is 259 Å². The van der Waals surface area contributed by atoms with Crippen molar-refractivity contribution < 1.29 is 9.53 Å². The van der Waals surface area contributed by atoms with Gasteiger partial charge in [0, 0.05) is 49.4 Å². The van der Waals surface area contributed by atoms with Crippen LogP contribution in [0.3, 0.4) is 0 Å². The Morgan fingerprint density at radius 1 is 1.09 bits per heavy atom. The Bertz CT molecular complexity index is 1620. The zero-order valence-corrected chi connectivity index (χ0v) is 25.7. The van der Waals surface area contributed by atoms with E-state index in [1.807, 2.05) is 0 Å². The number of fused-ring (bicyclic) bond motifs is 2. The van der Waals surface area contributed by atoms with Gasteiger partial charge in [-0.3, -0.25) is 9.69 Å². The van der Waals surface area contributed by atoms with Gasteiger partial charge < -0.3 is 19.4 Å². The predicted molar refractivity (Wildman–Crippen MR) is 172 cm³/mol. The van der Waals surface area contributed by atoms with Crippen molar-refractivity contribution in [3.05, 3.63) is 65.9 Å². The normalized spacial score (nSPS) is 21.2. The Balaban J connectivity index is 1.23. The highest BCUT2D eigenvalue weighted by molar-refractivity contribution is 5.97. The van der Waals surface area contributed by atoms with Crippen LogP contribution < -0.4 is 14.5 Å². The van der Waals surface area contributed by atoms with Crippen LogP contribution >= 0.6 is 0 Å². The summed E-state index contributed by atoms with van der Waals surface area (Å²) >= 11 is 0. The number of nitrogens with zero attached hydrogens (tertiary/aromatic N) is 7. The van der Waals surface area contributed by atoms with Gasteiger partial charge in [-0.1, -0.05) is 36.9 Å². The van der Waals surface area contributed by atoms with Crippen LogP contribution in [0.2, 0.25) is 0 Å². The molecule has 4 aliphatic rings. The molecule has 0 bridgehead atoms. The van der Waals surface area contributed by atoms with Gasteiger partial charge >= 0.3 is 6.01 Å². The van der Waals surface area contributed by atoms with Crippen molar-refractivity contribution in [2.24, 2.45) is 0 Å². The number of likely N-dealkylation sites (tertiary alicyclic amines) is 1. The average Bonchev–Trinajstić information content (AvgIpc) is 3.59. The Hall–Kier alpha value is -4.16. The van der Waals surface area contributed by atoms with E-state index in [0.717, 1.165) is 62.5 Å². The maximum atomic E-state index is 12.6. The summed E-state index contributed by atoms with van der Waals surface area (Å²) in [4.78, 5) is 31.8. The summed E-state index contributed by atoms with van der Waals surface area (Å²) in [7, 11) is 0. The third-order valence-corrected chi connectivity index (χ3v) is 9.85. The zero-order valence-electron chi connectivity index (χ0n) is 25.7. The van der Waals surface area contributed by atoms with Gasteiger partial charge in [0.25, 0.3) is 0 Å².